The molecule has 1 aromatic carbocycles. The Kier molecular flexibility index (Phi) is 2.50. The molecule has 0 aliphatic rings. The van der Waals surface area contributed by atoms with Crippen LogP contribution in [0.4, 0.5) is 0 Å². The van der Waals surface area contributed by atoms with E-state index in [2.05, 4.69) is 23.6 Å². The van der Waals surface area contributed by atoms with Crippen molar-refractivity contribution < 1.29 is 4.42 Å². The highest BCUT2D eigenvalue weighted by Gasteiger charge is 2.16. The van der Waals surface area contributed by atoms with Crippen molar-refractivity contribution in [2.45, 2.75) is 13.0 Å². The number of hydrogen-bond acceptors (Lipinski definition) is 3. The Balaban J connectivity index is 2.13. The van der Waals surface area contributed by atoms with Gasteiger partial charge in [0.05, 0.1) is 12.3 Å². The van der Waals surface area contributed by atoms with Crippen molar-refractivity contribution in [2.24, 2.45) is 5.73 Å². The molecule has 17 heavy (non-hydrogen) atoms. The van der Waals surface area contributed by atoms with Gasteiger partial charge in [-0.3, -0.25) is 0 Å². The monoisotopic (exact) mass is 243 g/mol. The van der Waals surface area contributed by atoms with Gasteiger partial charge >= 0.3 is 0 Å². The molecule has 0 bridgehead atoms. The smallest absolute Gasteiger partial charge is 0.105 e. The van der Waals surface area contributed by atoms with Crippen LogP contribution < -0.4 is 5.73 Å². The van der Waals surface area contributed by atoms with E-state index >= 15 is 0 Å². The first-order valence-corrected chi connectivity index (χ1v) is 6.41. The summed E-state index contributed by atoms with van der Waals surface area (Å²) >= 11 is 1.73. The van der Waals surface area contributed by atoms with Crippen molar-refractivity contribution >= 4 is 21.4 Å². The van der Waals surface area contributed by atoms with Gasteiger partial charge < -0.3 is 10.2 Å². The first-order chi connectivity index (χ1) is 8.27. The standard InChI is InChI=1S/C14H13NOS/c1-9-10(6-7-16-9)14(15)12-8-17-13-5-3-2-4-11(12)13/h2-8,14H,15H2,1H3. The minimum atomic E-state index is -0.107. The van der Waals surface area contributed by atoms with Crippen LogP contribution in [0.3, 0.4) is 0 Å². The molecule has 1 atom stereocenters. The fraction of sp³-hybridized carbons (Fsp3) is 0.143. The Bertz CT molecular complexity index is 653. The Morgan fingerprint density at radius 1 is 1.18 bits per heavy atom. The van der Waals surface area contributed by atoms with Gasteiger partial charge in [0.15, 0.2) is 0 Å². The Hall–Kier alpha value is -1.58. The van der Waals surface area contributed by atoms with Crippen LogP contribution in [0.25, 0.3) is 10.1 Å². The largest absolute Gasteiger partial charge is 0.469 e. The maximum absolute atomic E-state index is 6.32. The van der Waals surface area contributed by atoms with E-state index in [-0.39, 0.29) is 6.04 Å². The molecule has 1 unspecified atom stereocenters. The molecule has 86 valence electrons. The number of fused-ring (bicyclic) bond motifs is 1. The van der Waals surface area contributed by atoms with Gasteiger partial charge in [-0.15, -0.1) is 11.3 Å². The minimum absolute atomic E-state index is 0.107. The van der Waals surface area contributed by atoms with E-state index in [1.807, 2.05) is 19.1 Å². The van der Waals surface area contributed by atoms with Gasteiger partial charge in [0, 0.05) is 10.3 Å². The van der Waals surface area contributed by atoms with Gasteiger partial charge in [0.1, 0.15) is 5.76 Å². The lowest BCUT2D eigenvalue weighted by atomic mass is 10.00. The van der Waals surface area contributed by atoms with Gasteiger partial charge in [-0.25, -0.2) is 0 Å². The lowest BCUT2D eigenvalue weighted by molar-refractivity contribution is 0.528. The molecule has 0 aliphatic heterocycles. The zero-order valence-corrected chi connectivity index (χ0v) is 10.3. The minimum Gasteiger partial charge on any atom is -0.469 e. The zero-order valence-electron chi connectivity index (χ0n) is 9.51. The van der Waals surface area contributed by atoms with E-state index in [1.165, 1.54) is 15.6 Å². The van der Waals surface area contributed by atoms with E-state index in [9.17, 15) is 0 Å². The van der Waals surface area contributed by atoms with Gasteiger partial charge in [-0.2, -0.15) is 0 Å². The van der Waals surface area contributed by atoms with Crippen molar-refractivity contribution in [1.82, 2.24) is 0 Å². The highest BCUT2D eigenvalue weighted by Crippen LogP contribution is 2.33. The van der Waals surface area contributed by atoms with Crippen molar-refractivity contribution in [1.29, 1.82) is 0 Å². The average Bonchev–Trinajstić information content (AvgIpc) is 2.94. The topological polar surface area (TPSA) is 39.2 Å². The van der Waals surface area contributed by atoms with Crippen molar-refractivity contribution in [3.63, 3.8) is 0 Å². The maximum Gasteiger partial charge on any atom is 0.105 e. The van der Waals surface area contributed by atoms with Crippen molar-refractivity contribution in [3.05, 3.63) is 58.9 Å². The van der Waals surface area contributed by atoms with Crippen LogP contribution >= 0.6 is 11.3 Å². The molecule has 3 heteroatoms. The number of benzene rings is 1. The fourth-order valence-electron chi connectivity index (χ4n) is 2.12. The summed E-state index contributed by atoms with van der Waals surface area (Å²) in [6.07, 6.45) is 1.69. The lowest BCUT2D eigenvalue weighted by Gasteiger charge is -2.09. The summed E-state index contributed by atoms with van der Waals surface area (Å²) in [6, 6.07) is 10.2. The summed E-state index contributed by atoms with van der Waals surface area (Å²) in [5.41, 5.74) is 8.56. The predicted molar refractivity (Wildman–Crippen MR) is 71.3 cm³/mol. The summed E-state index contributed by atoms with van der Waals surface area (Å²) in [4.78, 5) is 0. The summed E-state index contributed by atoms with van der Waals surface area (Å²) < 4.78 is 6.60. The van der Waals surface area contributed by atoms with Gasteiger partial charge in [0.25, 0.3) is 0 Å². The predicted octanol–water partition coefficient (Wildman–Crippen LogP) is 3.85. The van der Waals surface area contributed by atoms with Gasteiger partial charge in [-0.1, -0.05) is 18.2 Å². The summed E-state index contributed by atoms with van der Waals surface area (Å²) in [6.45, 7) is 1.95. The Morgan fingerprint density at radius 3 is 2.76 bits per heavy atom. The lowest BCUT2D eigenvalue weighted by Crippen LogP contribution is -2.11. The van der Waals surface area contributed by atoms with Crippen molar-refractivity contribution in [3.8, 4) is 0 Å². The molecular weight excluding hydrogens is 230 g/mol. The Morgan fingerprint density at radius 2 is 2.00 bits per heavy atom. The highest BCUT2D eigenvalue weighted by atomic mass is 32.1. The number of aryl methyl sites for hydroxylation is 1. The summed E-state index contributed by atoms with van der Waals surface area (Å²) in [7, 11) is 0. The van der Waals surface area contributed by atoms with Crippen LogP contribution in [0, 0.1) is 6.92 Å². The molecule has 0 saturated carbocycles. The van der Waals surface area contributed by atoms with E-state index < -0.39 is 0 Å². The molecule has 2 nitrogen and oxygen atoms in total. The highest BCUT2D eigenvalue weighted by molar-refractivity contribution is 7.17. The van der Waals surface area contributed by atoms with E-state index in [0.29, 0.717) is 0 Å². The van der Waals surface area contributed by atoms with Crippen LogP contribution in [-0.4, -0.2) is 0 Å². The third-order valence-electron chi connectivity index (χ3n) is 3.08. The number of thiophene rings is 1. The summed E-state index contributed by atoms with van der Waals surface area (Å²) in [5.74, 6) is 0.896. The van der Waals surface area contributed by atoms with Gasteiger partial charge in [0.2, 0.25) is 0 Å². The molecule has 3 rings (SSSR count). The van der Waals surface area contributed by atoms with Crippen molar-refractivity contribution in [2.75, 3.05) is 0 Å². The summed E-state index contributed by atoms with van der Waals surface area (Å²) in [5, 5.41) is 3.38. The second kappa shape index (κ2) is 4.02. The molecule has 3 aromatic rings. The van der Waals surface area contributed by atoms with E-state index in [0.717, 1.165) is 11.3 Å². The molecule has 2 heterocycles. The fourth-order valence-corrected chi connectivity index (χ4v) is 3.12. The van der Waals surface area contributed by atoms with Crippen LogP contribution in [0.15, 0.2) is 46.4 Å². The molecule has 0 amide bonds. The second-order valence-corrected chi connectivity index (χ2v) is 5.01. The third kappa shape index (κ3) is 1.68. The first-order valence-electron chi connectivity index (χ1n) is 5.53. The average molecular weight is 243 g/mol. The second-order valence-electron chi connectivity index (χ2n) is 4.10. The molecule has 2 N–H and O–H groups in total. The molecule has 2 aromatic heterocycles. The number of furan rings is 1. The third-order valence-corrected chi connectivity index (χ3v) is 4.06. The quantitative estimate of drug-likeness (QED) is 0.742. The first kappa shape index (κ1) is 10.6. The molecular formula is C14H13NOS. The number of rotatable bonds is 2. The maximum atomic E-state index is 6.32. The molecule has 0 aliphatic carbocycles. The van der Waals surface area contributed by atoms with Crippen LogP contribution in [0.5, 0.6) is 0 Å². The van der Waals surface area contributed by atoms with Crippen LogP contribution in [0.1, 0.15) is 22.9 Å². The van der Waals surface area contributed by atoms with E-state index in [1.54, 1.807) is 17.6 Å². The molecule has 0 radical (unpaired) electrons. The van der Waals surface area contributed by atoms with E-state index in [4.69, 9.17) is 10.2 Å². The molecule has 0 spiro atoms. The molecule has 0 fully saturated rings. The Labute approximate surface area is 104 Å². The zero-order chi connectivity index (χ0) is 11.8. The van der Waals surface area contributed by atoms with Crippen LogP contribution in [-0.2, 0) is 0 Å². The number of nitrogens with two attached hydrogens (primary N) is 1. The van der Waals surface area contributed by atoms with Gasteiger partial charge in [-0.05, 0) is 35.4 Å². The normalized spacial score (nSPS) is 13.1. The number of hydrogen-bond donors (Lipinski definition) is 1. The molecule has 0 saturated heterocycles. The SMILES string of the molecule is Cc1occc1C(N)c1csc2ccccc12. The van der Waals surface area contributed by atoms with Crippen LogP contribution in [0.2, 0.25) is 0 Å².